The van der Waals surface area contributed by atoms with Crippen molar-refractivity contribution >= 4 is 5.91 Å². The second kappa shape index (κ2) is 9.84. The average molecular weight is 355 g/mol. The molecular weight excluding hydrogens is 334 g/mol. The first kappa shape index (κ1) is 19.0. The predicted octanol–water partition coefficient (Wildman–Crippen LogP) is 2.52. The third-order valence-electron chi connectivity index (χ3n) is 3.48. The van der Waals surface area contributed by atoms with Gasteiger partial charge in [0.25, 0.3) is 5.91 Å². The standard InChI is InChI=1S/C20H21NO5/c1-23-15-10-11-16(19(14-15)25-3)20(22)21-12-6-7-13-26-18-9-5-4-8-17(18)24-2/h4-5,8-11,14H,12-13H2,1-3H3,(H,21,22). The minimum atomic E-state index is -0.274. The Kier molecular flexibility index (Phi) is 7.19. The molecule has 0 aromatic heterocycles. The molecule has 0 heterocycles. The number of amides is 1. The van der Waals surface area contributed by atoms with Crippen LogP contribution in [0.4, 0.5) is 0 Å². The number of rotatable bonds is 7. The van der Waals surface area contributed by atoms with Gasteiger partial charge in [0, 0.05) is 6.07 Å². The summed E-state index contributed by atoms with van der Waals surface area (Å²) in [5.41, 5.74) is 0.417. The first-order chi connectivity index (χ1) is 12.7. The van der Waals surface area contributed by atoms with Crippen molar-refractivity contribution in [2.24, 2.45) is 0 Å². The molecule has 0 saturated carbocycles. The van der Waals surface area contributed by atoms with E-state index >= 15 is 0 Å². The van der Waals surface area contributed by atoms with E-state index in [1.54, 1.807) is 38.5 Å². The maximum absolute atomic E-state index is 12.2. The van der Waals surface area contributed by atoms with Gasteiger partial charge in [-0.1, -0.05) is 24.0 Å². The zero-order chi connectivity index (χ0) is 18.8. The van der Waals surface area contributed by atoms with Crippen molar-refractivity contribution in [3.8, 4) is 34.8 Å². The number of methoxy groups -OCH3 is 3. The van der Waals surface area contributed by atoms with Gasteiger partial charge < -0.3 is 24.3 Å². The second-order valence-corrected chi connectivity index (χ2v) is 5.04. The second-order valence-electron chi connectivity index (χ2n) is 5.04. The summed E-state index contributed by atoms with van der Waals surface area (Å²) in [5, 5.41) is 2.72. The molecule has 1 amide bonds. The van der Waals surface area contributed by atoms with Gasteiger partial charge in [0.05, 0.1) is 33.4 Å². The molecule has 0 bridgehead atoms. The number of hydrogen-bond donors (Lipinski definition) is 1. The molecule has 2 rings (SSSR count). The molecule has 6 nitrogen and oxygen atoms in total. The van der Waals surface area contributed by atoms with E-state index in [9.17, 15) is 4.79 Å². The van der Waals surface area contributed by atoms with Gasteiger partial charge in [-0.05, 0) is 24.3 Å². The molecule has 0 unspecified atom stereocenters. The van der Waals surface area contributed by atoms with Crippen LogP contribution < -0.4 is 24.3 Å². The summed E-state index contributed by atoms with van der Waals surface area (Å²) < 4.78 is 21.1. The van der Waals surface area contributed by atoms with Gasteiger partial charge in [-0.2, -0.15) is 0 Å². The van der Waals surface area contributed by atoms with Gasteiger partial charge in [-0.3, -0.25) is 4.79 Å². The number of para-hydroxylation sites is 2. The summed E-state index contributed by atoms with van der Waals surface area (Å²) in [5.74, 6) is 7.74. The lowest BCUT2D eigenvalue weighted by Crippen LogP contribution is -2.24. The van der Waals surface area contributed by atoms with E-state index in [4.69, 9.17) is 18.9 Å². The van der Waals surface area contributed by atoms with Gasteiger partial charge in [0.2, 0.25) is 0 Å². The van der Waals surface area contributed by atoms with Gasteiger partial charge in [0.1, 0.15) is 18.1 Å². The van der Waals surface area contributed by atoms with E-state index in [1.165, 1.54) is 7.11 Å². The van der Waals surface area contributed by atoms with Crippen LogP contribution in [0.15, 0.2) is 42.5 Å². The lowest BCUT2D eigenvalue weighted by atomic mass is 10.1. The first-order valence-corrected chi connectivity index (χ1v) is 7.91. The molecule has 0 fully saturated rings. The van der Waals surface area contributed by atoms with Crippen molar-refractivity contribution in [2.45, 2.75) is 0 Å². The summed E-state index contributed by atoms with van der Waals surface area (Å²) in [6, 6.07) is 12.3. The molecule has 0 atom stereocenters. The Morgan fingerprint density at radius 3 is 2.35 bits per heavy atom. The van der Waals surface area contributed by atoms with Gasteiger partial charge in [-0.25, -0.2) is 0 Å². The third kappa shape index (κ3) is 5.08. The third-order valence-corrected chi connectivity index (χ3v) is 3.48. The quantitative estimate of drug-likeness (QED) is 0.773. The fraction of sp³-hybridized carbons (Fsp3) is 0.250. The average Bonchev–Trinajstić information content (AvgIpc) is 2.70. The lowest BCUT2D eigenvalue weighted by molar-refractivity contribution is 0.0955. The summed E-state index contributed by atoms with van der Waals surface area (Å²) in [6.07, 6.45) is 0. The van der Waals surface area contributed by atoms with Crippen LogP contribution in [0, 0.1) is 11.8 Å². The van der Waals surface area contributed by atoms with Crippen LogP contribution in [0.25, 0.3) is 0 Å². The Hall–Kier alpha value is -3.33. The Labute approximate surface area is 153 Å². The lowest BCUT2D eigenvalue weighted by Gasteiger charge is -2.09. The SMILES string of the molecule is COc1ccc(C(=O)NCC#CCOc2ccccc2OC)c(OC)c1. The highest BCUT2D eigenvalue weighted by Crippen LogP contribution is 2.25. The van der Waals surface area contributed by atoms with Crippen LogP contribution in [0.3, 0.4) is 0 Å². The van der Waals surface area contributed by atoms with Crippen molar-refractivity contribution in [1.82, 2.24) is 5.32 Å². The van der Waals surface area contributed by atoms with Crippen LogP contribution in [-0.4, -0.2) is 40.4 Å². The summed E-state index contributed by atoms with van der Waals surface area (Å²) >= 11 is 0. The summed E-state index contributed by atoms with van der Waals surface area (Å²) in [4.78, 5) is 12.2. The van der Waals surface area contributed by atoms with Crippen LogP contribution in [-0.2, 0) is 0 Å². The molecule has 0 aliphatic rings. The van der Waals surface area contributed by atoms with Gasteiger partial charge in [0.15, 0.2) is 11.5 Å². The van der Waals surface area contributed by atoms with E-state index in [2.05, 4.69) is 17.2 Å². The topological polar surface area (TPSA) is 66.0 Å². The van der Waals surface area contributed by atoms with Gasteiger partial charge >= 0.3 is 0 Å². The molecule has 0 aliphatic heterocycles. The Morgan fingerprint density at radius 1 is 0.923 bits per heavy atom. The molecule has 0 saturated heterocycles. The van der Waals surface area contributed by atoms with Crippen LogP contribution >= 0.6 is 0 Å². The van der Waals surface area contributed by atoms with Crippen LogP contribution in [0.1, 0.15) is 10.4 Å². The van der Waals surface area contributed by atoms with Crippen molar-refractivity contribution in [3.63, 3.8) is 0 Å². The number of carbonyl (C=O) groups is 1. The molecule has 2 aromatic carbocycles. The highest BCUT2D eigenvalue weighted by atomic mass is 16.5. The summed E-state index contributed by atoms with van der Waals surface area (Å²) in [7, 11) is 4.63. The predicted molar refractivity (Wildman–Crippen MR) is 98.1 cm³/mol. The minimum Gasteiger partial charge on any atom is -0.497 e. The Morgan fingerprint density at radius 2 is 1.65 bits per heavy atom. The van der Waals surface area contributed by atoms with E-state index in [-0.39, 0.29) is 19.1 Å². The number of carbonyl (C=O) groups excluding carboxylic acids is 1. The van der Waals surface area contributed by atoms with Crippen LogP contribution in [0.5, 0.6) is 23.0 Å². The first-order valence-electron chi connectivity index (χ1n) is 7.91. The highest BCUT2D eigenvalue weighted by molar-refractivity contribution is 5.97. The molecule has 26 heavy (non-hydrogen) atoms. The molecule has 0 aliphatic carbocycles. The number of hydrogen-bond acceptors (Lipinski definition) is 5. The number of benzene rings is 2. The fourth-order valence-electron chi connectivity index (χ4n) is 2.17. The van der Waals surface area contributed by atoms with Crippen LogP contribution in [0.2, 0.25) is 0 Å². The molecule has 136 valence electrons. The van der Waals surface area contributed by atoms with Crippen molar-refractivity contribution < 1.29 is 23.7 Å². The fourth-order valence-corrected chi connectivity index (χ4v) is 2.17. The highest BCUT2D eigenvalue weighted by Gasteiger charge is 2.12. The van der Waals surface area contributed by atoms with Gasteiger partial charge in [-0.15, -0.1) is 0 Å². The van der Waals surface area contributed by atoms with Crippen molar-refractivity contribution in [3.05, 3.63) is 48.0 Å². The smallest absolute Gasteiger partial charge is 0.255 e. The molecule has 1 N–H and O–H groups in total. The van der Waals surface area contributed by atoms with Crippen molar-refractivity contribution in [2.75, 3.05) is 34.5 Å². The van der Waals surface area contributed by atoms with E-state index in [0.717, 1.165) is 0 Å². The van der Waals surface area contributed by atoms with E-state index in [1.807, 2.05) is 18.2 Å². The summed E-state index contributed by atoms with van der Waals surface area (Å²) in [6.45, 7) is 0.394. The maximum Gasteiger partial charge on any atom is 0.255 e. The van der Waals surface area contributed by atoms with E-state index in [0.29, 0.717) is 28.6 Å². The largest absolute Gasteiger partial charge is 0.497 e. The minimum absolute atomic E-state index is 0.197. The number of ether oxygens (including phenoxy) is 4. The molecule has 0 radical (unpaired) electrons. The monoisotopic (exact) mass is 355 g/mol. The Bertz CT molecular complexity index is 807. The van der Waals surface area contributed by atoms with E-state index < -0.39 is 0 Å². The molecular formula is C20H21NO5. The van der Waals surface area contributed by atoms with Crippen molar-refractivity contribution in [1.29, 1.82) is 0 Å². The zero-order valence-corrected chi connectivity index (χ0v) is 15.0. The molecule has 6 heteroatoms. The molecule has 0 spiro atoms. The molecule has 2 aromatic rings. The maximum atomic E-state index is 12.2. The zero-order valence-electron chi connectivity index (χ0n) is 15.0. The Balaban J connectivity index is 1.85. The normalized spacial score (nSPS) is 9.50. The number of nitrogens with one attached hydrogen (secondary N) is 1.